The number of amides is 2. The minimum Gasteiger partial charge on any atom is -0.486 e. The van der Waals surface area contributed by atoms with Gasteiger partial charge in [0, 0.05) is 45.7 Å². The summed E-state index contributed by atoms with van der Waals surface area (Å²) in [6.45, 7) is 3.96. The molecule has 2 fully saturated rings. The van der Waals surface area contributed by atoms with Gasteiger partial charge in [-0.1, -0.05) is 0 Å². The largest absolute Gasteiger partial charge is 0.486 e. The van der Waals surface area contributed by atoms with Crippen molar-refractivity contribution in [1.82, 2.24) is 14.1 Å². The molecule has 3 heterocycles. The predicted molar refractivity (Wildman–Crippen MR) is 103 cm³/mol. The van der Waals surface area contributed by atoms with E-state index in [1.807, 2.05) is 0 Å². The van der Waals surface area contributed by atoms with E-state index >= 15 is 0 Å². The number of benzene rings is 1. The molecule has 0 spiro atoms. The molecule has 0 unspecified atom stereocenters. The van der Waals surface area contributed by atoms with Crippen molar-refractivity contribution in [1.29, 1.82) is 0 Å². The van der Waals surface area contributed by atoms with Gasteiger partial charge >= 0.3 is 0 Å². The number of piperazine rings is 1. The van der Waals surface area contributed by atoms with E-state index in [1.165, 1.54) is 23.4 Å². The van der Waals surface area contributed by atoms with Gasteiger partial charge in [0.2, 0.25) is 21.8 Å². The van der Waals surface area contributed by atoms with Crippen molar-refractivity contribution in [3.8, 4) is 11.5 Å². The van der Waals surface area contributed by atoms with Crippen LogP contribution in [0.3, 0.4) is 0 Å². The summed E-state index contributed by atoms with van der Waals surface area (Å²) >= 11 is 0. The molecule has 10 heteroatoms. The van der Waals surface area contributed by atoms with E-state index in [-0.39, 0.29) is 29.8 Å². The summed E-state index contributed by atoms with van der Waals surface area (Å²) in [7, 11) is -3.69. The van der Waals surface area contributed by atoms with Crippen LogP contribution in [0.1, 0.15) is 19.8 Å². The smallest absolute Gasteiger partial charge is 0.245 e. The topological polar surface area (TPSA) is 96.5 Å². The third kappa shape index (κ3) is 3.78. The van der Waals surface area contributed by atoms with Crippen molar-refractivity contribution >= 4 is 21.8 Å². The van der Waals surface area contributed by atoms with E-state index in [0.717, 1.165) is 6.42 Å². The van der Waals surface area contributed by atoms with E-state index in [1.54, 1.807) is 15.9 Å². The quantitative estimate of drug-likeness (QED) is 0.694. The highest BCUT2D eigenvalue weighted by Crippen LogP contribution is 2.33. The first-order chi connectivity index (χ1) is 13.9. The monoisotopic (exact) mass is 423 g/mol. The van der Waals surface area contributed by atoms with Crippen LogP contribution >= 0.6 is 0 Å². The molecule has 0 aromatic heterocycles. The van der Waals surface area contributed by atoms with E-state index < -0.39 is 16.1 Å². The first-order valence-corrected chi connectivity index (χ1v) is 11.3. The fourth-order valence-corrected chi connectivity index (χ4v) is 5.53. The Balaban J connectivity index is 1.42. The molecule has 3 aliphatic heterocycles. The molecule has 1 aromatic carbocycles. The number of likely N-dealkylation sites (tertiary alicyclic amines) is 1. The van der Waals surface area contributed by atoms with Gasteiger partial charge < -0.3 is 19.3 Å². The third-order valence-corrected chi connectivity index (χ3v) is 7.54. The fourth-order valence-electron chi connectivity index (χ4n) is 4.09. The maximum absolute atomic E-state index is 13.0. The van der Waals surface area contributed by atoms with Crippen molar-refractivity contribution in [3.05, 3.63) is 18.2 Å². The Bertz CT molecular complexity index is 911. The van der Waals surface area contributed by atoms with Gasteiger partial charge in [-0.05, 0) is 25.0 Å². The van der Waals surface area contributed by atoms with E-state index in [9.17, 15) is 18.0 Å². The van der Waals surface area contributed by atoms with Crippen LogP contribution in [0.2, 0.25) is 0 Å². The molecule has 158 valence electrons. The maximum atomic E-state index is 13.0. The Labute approximate surface area is 170 Å². The number of hydrogen-bond donors (Lipinski definition) is 0. The Morgan fingerprint density at radius 3 is 2.38 bits per heavy atom. The number of ether oxygens (including phenoxy) is 2. The minimum absolute atomic E-state index is 0.0888. The van der Waals surface area contributed by atoms with Crippen molar-refractivity contribution in [2.75, 3.05) is 45.9 Å². The van der Waals surface area contributed by atoms with Crippen molar-refractivity contribution in [3.63, 3.8) is 0 Å². The van der Waals surface area contributed by atoms with Crippen molar-refractivity contribution in [2.24, 2.45) is 0 Å². The molecule has 2 saturated heterocycles. The number of nitrogens with zero attached hydrogens (tertiary/aromatic N) is 3. The molecule has 0 radical (unpaired) electrons. The van der Waals surface area contributed by atoms with Gasteiger partial charge in [-0.2, -0.15) is 4.31 Å². The Morgan fingerprint density at radius 1 is 1.00 bits per heavy atom. The summed E-state index contributed by atoms with van der Waals surface area (Å²) in [5.74, 6) is 0.781. The second kappa shape index (κ2) is 7.83. The van der Waals surface area contributed by atoms with Crippen LogP contribution in [-0.2, 0) is 19.6 Å². The Hall–Kier alpha value is -2.33. The fraction of sp³-hybridized carbons (Fsp3) is 0.579. The summed E-state index contributed by atoms with van der Waals surface area (Å²) < 4.78 is 38.4. The number of carbonyl (C=O) groups is 2. The zero-order valence-electron chi connectivity index (χ0n) is 16.4. The zero-order chi connectivity index (χ0) is 20.6. The Kier molecular flexibility index (Phi) is 5.39. The lowest BCUT2D eigenvalue weighted by molar-refractivity contribution is -0.143. The molecule has 0 saturated carbocycles. The van der Waals surface area contributed by atoms with Gasteiger partial charge in [0.15, 0.2) is 11.5 Å². The molecule has 1 aromatic rings. The highest BCUT2D eigenvalue weighted by molar-refractivity contribution is 7.89. The number of fused-ring (bicyclic) bond motifs is 1. The van der Waals surface area contributed by atoms with Gasteiger partial charge in [-0.25, -0.2) is 8.42 Å². The van der Waals surface area contributed by atoms with Crippen LogP contribution in [-0.4, -0.2) is 86.3 Å². The standard InChI is InChI=1S/C19H25N3O6S/c1-14(23)22-6-2-3-16(22)19(24)20-7-9-21(10-8-20)29(25,26)15-4-5-17-18(13-15)28-12-11-27-17/h4-5,13,16H,2-3,6-12H2,1H3/t16-/m0/s1. The maximum Gasteiger partial charge on any atom is 0.245 e. The van der Waals surface area contributed by atoms with Gasteiger partial charge in [-0.3, -0.25) is 9.59 Å². The summed E-state index contributed by atoms with van der Waals surface area (Å²) in [6, 6.07) is 4.19. The van der Waals surface area contributed by atoms with E-state index in [0.29, 0.717) is 50.8 Å². The first kappa shape index (κ1) is 20.0. The van der Waals surface area contributed by atoms with Crippen LogP contribution in [0.4, 0.5) is 0 Å². The first-order valence-electron chi connectivity index (χ1n) is 9.84. The molecular formula is C19H25N3O6S. The third-order valence-electron chi connectivity index (χ3n) is 5.64. The Morgan fingerprint density at radius 2 is 1.69 bits per heavy atom. The average Bonchev–Trinajstić information content (AvgIpc) is 3.23. The molecule has 29 heavy (non-hydrogen) atoms. The van der Waals surface area contributed by atoms with Crippen LogP contribution < -0.4 is 9.47 Å². The average molecular weight is 423 g/mol. The molecule has 1 atom stereocenters. The van der Waals surface area contributed by atoms with Crippen LogP contribution in [0.25, 0.3) is 0 Å². The predicted octanol–water partition coefficient (Wildman–Crippen LogP) is 0.302. The molecule has 2 amide bonds. The molecule has 9 nitrogen and oxygen atoms in total. The summed E-state index contributed by atoms with van der Waals surface area (Å²) in [6.07, 6.45) is 1.47. The molecular weight excluding hydrogens is 398 g/mol. The normalized spacial score (nSPS) is 22.6. The summed E-state index contributed by atoms with van der Waals surface area (Å²) in [5, 5.41) is 0. The number of rotatable bonds is 3. The lowest BCUT2D eigenvalue weighted by Crippen LogP contribution is -2.55. The van der Waals surface area contributed by atoms with E-state index in [4.69, 9.17) is 9.47 Å². The van der Waals surface area contributed by atoms with Crippen LogP contribution in [0.15, 0.2) is 23.1 Å². The number of hydrogen-bond acceptors (Lipinski definition) is 6. The lowest BCUT2D eigenvalue weighted by atomic mass is 10.1. The summed E-state index contributed by atoms with van der Waals surface area (Å²) in [5.41, 5.74) is 0. The zero-order valence-corrected chi connectivity index (χ0v) is 17.2. The highest BCUT2D eigenvalue weighted by Gasteiger charge is 2.37. The van der Waals surface area contributed by atoms with Crippen molar-refractivity contribution < 1.29 is 27.5 Å². The molecule has 0 aliphatic carbocycles. The lowest BCUT2D eigenvalue weighted by Gasteiger charge is -2.36. The van der Waals surface area contributed by atoms with Gasteiger partial charge in [0.25, 0.3) is 0 Å². The van der Waals surface area contributed by atoms with E-state index in [2.05, 4.69) is 0 Å². The van der Waals surface area contributed by atoms with Crippen molar-refractivity contribution in [2.45, 2.75) is 30.7 Å². The second-order valence-corrected chi connectivity index (χ2v) is 9.34. The van der Waals surface area contributed by atoms with Gasteiger partial charge in [-0.15, -0.1) is 0 Å². The van der Waals surface area contributed by atoms with Gasteiger partial charge in [0.1, 0.15) is 19.3 Å². The van der Waals surface area contributed by atoms with Gasteiger partial charge in [0.05, 0.1) is 4.90 Å². The number of carbonyl (C=O) groups excluding carboxylic acids is 2. The summed E-state index contributed by atoms with van der Waals surface area (Å²) in [4.78, 5) is 28.0. The SMILES string of the molecule is CC(=O)N1CCC[C@H]1C(=O)N1CCN(S(=O)(=O)c2ccc3c(c2)OCCO3)CC1. The van der Waals surface area contributed by atoms with Crippen LogP contribution in [0, 0.1) is 0 Å². The molecule has 3 aliphatic rings. The molecule has 0 bridgehead atoms. The van der Waals surface area contributed by atoms with Crippen LogP contribution in [0.5, 0.6) is 11.5 Å². The molecule has 4 rings (SSSR count). The number of sulfonamides is 1. The second-order valence-electron chi connectivity index (χ2n) is 7.41. The highest BCUT2D eigenvalue weighted by atomic mass is 32.2. The molecule has 0 N–H and O–H groups in total. The minimum atomic E-state index is -3.69.